The molecule has 3 heterocycles. The third kappa shape index (κ3) is 6.20. The number of fused-ring (bicyclic) bond motifs is 1. The van der Waals surface area contributed by atoms with Crippen molar-refractivity contribution in [2.75, 3.05) is 13.2 Å². The van der Waals surface area contributed by atoms with E-state index in [2.05, 4.69) is 0 Å². The zero-order valence-electron chi connectivity index (χ0n) is 23.0. The summed E-state index contributed by atoms with van der Waals surface area (Å²) in [5.41, 5.74) is -0.164. The smallest absolute Gasteiger partial charge is 0.332 e. The highest BCUT2D eigenvalue weighted by atomic mass is 16.7. The molecule has 0 bridgehead atoms. The fourth-order valence-corrected chi connectivity index (χ4v) is 6.56. The van der Waals surface area contributed by atoms with Gasteiger partial charge in [-0.3, -0.25) is 0 Å². The van der Waals surface area contributed by atoms with Crippen LogP contribution in [0.25, 0.3) is 0 Å². The molecule has 40 heavy (non-hydrogen) atoms. The SMILES string of the molecule is CC1O[C@@H](OC2[C@H](C)CCC[C@H]2O[C@@H]2OC(CO)[C@H](O)C3O[C@@H](C(=O)O)CC4(CCOC32)CC4)[C@@H](O)C(O)[C@@H]1O. The maximum atomic E-state index is 12.1. The van der Waals surface area contributed by atoms with Crippen LogP contribution < -0.4 is 0 Å². The van der Waals surface area contributed by atoms with Gasteiger partial charge >= 0.3 is 5.97 Å². The van der Waals surface area contributed by atoms with Gasteiger partial charge in [0.2, 0.25) is 0 Å². The number of carbonyl (C=O) groups is 1. The van der Waals surface area contributed by atoms with E-state index in [1.165, 1.54) is 0 Å². The molecule has 0 aromatic rings. The molecule has 1 spiro atoms. The highest BCUT2D eigenvalue weighted by molar-refractivity contribution is 5.72. The summed E-state index contributed by atoms with van der Waals surface area (Å²) in [5.74, 6) is -1.15. The molecule has 2 aliphatic carbocycles. The van der Waals surface area contributed by atoms with Crippen LogP contribution in [0.5, 0.6) is 0 Å². The summed E-state index contributed by atoms with van der Waals surface area (Å²) in [4.78, 5) is 12.1. The van der Waals surface area contributed by atoms with Crippen LogP contribution in [-0.2, 0) is 33.2 Å². The van der Waals surface area contributed by atoms with Gasteiger partial charge in [0.05, 0.1) is 24.9 Å². The number of hydrogen-bond acceptors (Lipinski definition) is 12. The maximum Gasteiger partial charge on any atom is 0.332 e. The molecule has 230 valence electrons. The first-order valence-electron chi connectivity index (χ1n) is 14.5. The molecule has 6 N–H and O–H groups in total. The first-order chi connectivity index (χ1) is 19.0. The first-order valence-corrected chi connectivity index (χ1v) is 14.5. The highest BCUT2D eigenvalue weighted by Gasteiger charge is 2.54. The number of rotatable bonds is 6. The topological polar surface area (TPSA) is 194 Å². The summed E-state index contributed by atoms with van der Waals surface area (Å²) in [6, 6.07) is 0. The van der Waals surface area contributed by atoms with Crippen LogP contribution in [0.4, 0.5) is 0 Å². The molecular weight excluding hydrogens is 532 g/mol. The minimum absolute atomic E-state index is 0.0312. The number of carboxylic acid groups (broad SMARTS) is 1. The standard InChI is InChI=1S/C27H44O13/c1-12-4-3-5-14(21(12)40-25-20(32)19(31)17(29)13(2)36-25)38-26-23-22(18(30)16(11-28)39-26)37-15(24(33)34)10-27(6-7-27)8-9-35-23/h12-23,25-26,28-32H,3-11H2,1-2H3,(H,33,34)/t12-,13?,14-,15-,16?,17-,18+,19?,20+,21?,22?,23?,25+,26-/m1/s1. The first kappa shape index (κ1) is 30.5. The van der Waals surface area contributed by atoms with Crippen LogP contribution in [0.1, 0.15) is 58.8 Å². The van der Waals surface area contributed by atoms with Gasteiger partial charge in [0.1, 0.15) is 42.7 Å². The minimum atomic E-state index is -1.47. The van der Waals surface area contributed by atoms with Crippen molar-refractivity contribution in [3.05, 3.63) is 0 Å². The second-order valence-corrected chi connectivity index (χ2v) is 12.3. The number of ether oxygens (including phenoxy) is 6. The fourth-order valence-electron chi connectivity index (χ4n) is 6.56. The maximum absolute atomic E-state index is 12.1. The van der Waals surface area contributed by atoms with E-state index in [0.29, 0.717) is 25.9 Å². The van der Waals surface area contributed by atoms with Crippen molar-refractivity contribution in [2.24, 2.45) is 11.3 Å². The van der Waals surface area contributed by atoms with E-state index in [-0.39, 0.29) is 11.3 Å². The molecule has 13 nitrogen and oxygen atoms in total. The summed E-state index contributed by atoms with van der Waals surface area (Å²) in [7, 11) is 0. The second kappa shape index (κ2) is 12.3. The Hall–Kier alpha value is -0.970. The van der Waals surface area contributed by atoms with Crippen LogP contribution in [0.3, 0.4) is 0 Å². The normalized spacial score (nSPS) is 49.4. The lowest BCUT2D eigenvalue weighted by Gasteiger charge is -2.47. The van der Waals surface area contributed by atoms with Crippen LogP contribution >= 0.6 is 0 Å². The van der Waals surface area contributed by atoms with Gasteiger partial charge in [0.25, 0.3) is 0 Å². The fraction of sp³-hybridized carbons (Fsp3) is 0.963. The third-order valence-electron chi connectivity index (χ3n) is 9.40. The van der Waals surface area contributed by atoms with Crippen molar-refractivity contribution < 1.29 is 63.9 Å². The van der Waals surface area contributed by atoms with E-state index < -0.39 is 92.3 Å². The lowest BCUT2D eigenvalue weighted by Crippen LogP contribution is -2.63. The predicted molar refractivity (Wildman–Crippen MR) is 134 cm³/mol. The van der Waals surface area contributed by atoms with Crippen molar-refractivity contribution in [1.82, 2.24) is 0 Å². The van der Waals surface area contributed by atoms with Crippen LogP contribution in [0.15, 0.2) is 0 Å². The summed E-state index contributed by atoms with van der Waals surface area (Å²) in [6.45, 7) is 3.31. The average molecular weight is 577 g/mol. The number of aliphatic hydroxyl groups is 5. The van der Waals surface area contributed by atoms with Gasteiger partial charge in [-0.2, -0.15) is 0 Å². The predicted octanol–water partition coefficient (Wildman–Crippen LogP) is -0.720. The second-order valence-electron chi connectivity index (χ2n) is 12.3. The molecule has 5 rings (SSSR count). The molecule has 0 aromatic carbocycles. The highest BCUT2D eigenvalue weighted by Crippen LogP contribution is 2.53. The van der Waals surface area contributed by atoms with Gasteiger partial charge in [0, 0.05) is 6.61 Å². The number of hydrogen-bond donors (Lipinski definition) is 6. The Morgan fingerprint density at radius 1 is 0.875 bits per heavy atom. The lowest BCUT2D eigenvalue weighted by molar-refractivity contribution is -0.352. The summed E-state index contributed by atoms with van der Waals surface area (Å²) >= 11 is 0. The van der Waals surface area contributed by atoms with Gasteiger partial charge < -0.3 is 59.1 Å². The molecule has 5 fully saturated rings. The Balaban J connectivity index is 1.36. The average Bonchev–Trinajstić information content (AvgIpc) is 3.67. The Bertz CT molecular complexity index is 869. The van der Waals surface area contributed by atoms with Crippen molar-refractivity contribution >= 4 is 5.97 Å². The van der Waals surface area contributed by atoms with E-state index >= 15 is 0 Å². The molecule has 5 aliphatic rings. The molecule has 0 aromatic heterocycles. The Morgan fingerprint density at radius 2 is 1.62 bits per heavy atom. The monoisotopic (exact) mass is 576 g/mol. The molecule has 3 saturated heterocycles. The molecule has 13 heteroatoms. The molecular formula is C27H44O13. The van der Waals surface area contributed by atoms with E-state index in [1.807, 2.05) is 6.92 Å². The van der Waals surface area contributed by atoms with E-state index in [4.69, 9.17) is 28.4 Å². The number of carboxylic acids is 1. The largest absolute Gasteiger partial charge is 0.479 e. The summed E-state index contributed by atoms with van der Waals surface area (Å²) in [6.07, 6.45) is -9.20. The Morgan fingerprint density at radius 3 is 2.30 bits per heavy atom. The van der Waals surface area contributed by atoms with E-state index in [1.54, 1.807) is 6.92 Å². The van der Waals surface area contributed by atoms with Gasteiger partial charge in [0.15, 0.2) is 18.7 Å². The molecule has 2 saturated carbocycles. The van der Waals surface area contributed by atoms with Gasteiger partial charge in [-0.1, -0.05) is 13.3 Å². The lowest BCUT2D eigenvalue weighted by atomic mass is 9.85. The Kier molecular flexibility index (Phi) is 9.40. The van der Waals surface area contributed by atoms with Crippen molar-refractivity contribution in [3.63, 3.8) is 0 Å². The summed E-state index contributed by atoms with van der Waals surface area (Å²) < 4.78 is 36.5. The number of aliphatic hydroxyl groups excluding tert-OH is 5. The zero-order chi connectivity index (χ0) is 28.8. The van der Waals surface area contributed by atoms with Crippen LogP contribution in [0.2, 0.25) is 0 Å². The molecule has 0 amide bonds. The van der Waals surface area contributed by atoms with Crippen LogP contribution in [-0.4, -0.2) is 130 Å². The third-order valence-corrected chi connectivity index (χ3v) is 9.40. The molecule has 14 atom stereocenters. The summed E-state index contributed by atoms with van der Waals surface area (Å²) in [5, 5.41) is 61.7. The minimum Gasteiger partial charge on any atom is -0.479 e. The quantitative estimate of drug-likeness (QED) is 0.232. The molecule has 6 unspecified atom stereocenters. The Labute approximate surface area is 233 Å². The zero-order valence-corrected chi connectivity index (χ0v) is 23.0. The van der Waals surface area contributed by atoms with Crippen molar-refractivity contribution in [1.29, 1.82) is 0 Å². The van der Waals surface area contributed by atoms with Crippen molar-refractivity contribution in [2.45, 2.75) is 139 Å². The van der Waals surface area contributed by atoms with Gasteiger partial charge in [-0.05, 0) is 56.8 Å². The van der Waals surface area contributed by atoms with Gasteiger partial charge in [-0.15, -0.1) is 0 Å². The number of aliphatic carboxylic acids is 1. The molecule has 0 radical (unpaired) electrons. The van der Waals surface area contributed by atoms with E-state index in [0.717, 1.165) is 25.7 Å². The van der Waals surface area contributed by atoms with Crippen molar-refractivity contribution in [3.8, 4) is 0 Å². The van der Waals surface area contributed by atoms with Crippen LogP contribution in [0, 0.1) is 11.3 Å². The molecule has 3 aliphatic heterocycles. The van der Waals surface area contributed by atoms with Gasteiger partial charge in [-0.25, -0.2) is 4.79 Å². The van der Waals surface area contributed by atoms with E-state index in [9.17, 15) is 35.4 Å².